The predicted molar refractivity (Wildman–Crippen MR) is 116 cm³/mol. The summed E-state index contributed by atoms with van der Waals surface area (Å²) in [7, 11) is 4.60. The summed E-state index contributed by atoms with van der Waals surface area (Å²) in [5.41, 5.74) is 1.52. The Morgan fingerprint density at radius 1 is 0.750 bits per heavy atom. The van der Waals surface area contributed by atoms with E-state index in [1.54, 1.807) is 26.4 Å². The first-order valence-electron chi connectivity index (χ1n) is 9.73. The fourth-order valence-electron chi connectivity index (χ4n) is 3.35. The van der Waals surface area contributed by atoms with Crippen molar-refractivity contribution < 1.29 is 32.5 Å². The lowest BCUT2D eigenvalue weighted by molar-refractivity contribution is -0.137. The minimum absolute atomic E-state index is 0.0446. The third kappa shape index (κ3) is 5.57. The molecular weight excluding hydrogens is 423 g/mol. The summed E-state index contributed by atoms with van der Waals surface area (Å²) in [6.45, 7) is 0.689. The van der Waals surface area contributed by atoms with Crippen molar-refractivity contribution in [1.29, 1.82) is 0 Å². The molecule has 0 aliphatic rings. The highest BCUT2D eigenvalue weighted by Crippen LogP contribution is 2.35. The first-order chi connectivity index (χ1) is 15.2. The zero-order chi connectivity index (χ0) is 23.3. The molecule has 8 heteroatoms. The van der Waals surface area contributed by atoms with Crippen LogP contribution in [0.4, 0.5) is 18.9 Å². The van der Waals surface area contributed by atoms with Gasteiger partial charge in [0.15, 0.2) is 0 Å². The highest BCUT2D eigenvalue weighted by atomic mass is 19.4. The van der Waals surface area contributed by atoms with Crippen LogP contribution in [-0.2, 0) is 19.3 Å². The van der Waals surface area contributed by atoms with Gasteiger partial charge in [-0.1, -0.05) is 12.1 Å². The third-order valence-corrected chi connectivity index (χ3v) is 4.94. The van der Waals surface area contributed by atoms with E-state index < -0.39 is 11.7 Å². The molecule has 0 spiro atoms. The number of phenolic OH excluding ortho intramolecular Hbond substituents is 1. The van der Waals surface area contributed by atoms with Crippen LogP contribution < -0.4 is 19.1 Å². The second-order valence-corrected chi connectivity index (χ2v) is 7.13. The van der Waals surface area contributed by atoms with Crippen LogP contribution >= 0.6 is 0 Å². The van der Waals surface area contributed by atoms with E-state index in [2.05, 4.69) is 0 Å². The number of phenols is 1. The van der Waals surface area contributed by atoms with Gasteiger partial charge in [-0.25, -0.2) is 0 Å². The fraction of sp³-hybridized carbons (Fsp3) is 0.250. The summed E-state index contributed by atoms with van der Waals surface area (Å²) in [4.78, 5) is 1.94. The Bertz CT molecular complexity index is 1030. The van der Waals surface area contributed by atoms with Crippen LogP contribution in [-0.4, -0.2) is 26.4 Å². The molecule has 0 amide bonds. The molecule has 0 aliphatic heterocycles. The number of ether oxygens (including phenoxy) is 3. The number of aromatic hydroxyl groups is 1. The largest absolute Gasteiger partial charge is 0.508 e. The normalized spacial score (nSPS) is 11.2. The van der Waals surface area contributed by atoms with Gasteiger partial charge in [0, 0.05) is 25.2 Å². The number of rotatable bonds is 8. The van der Waals surface area contributed by atoms with Crippen LogP contribution in [0.25, 0.3) is 0 Å². The number of nitrogens with zero attached hydrogens (tertiary/aromatic N) is 1. The van der Waals surface area contributed by atoms with E-state index in [-0.39, 0.29) is 5.75 Å². The van der Waals surface area contributed by atoms with Gasteiger partial charge in [-0.05, 0) is 47.5 Å². The lowest BCUT2D eigenvalue weighted by Crippen LogP contribution is -2.23. The van der Waals surface area contributed by atoms with Crippen molar-refractivity contribution in [3.63, 3.8) is 0 Å². The lowest BCUT2D eigenvalue weighted by atomic mass is 10.1. The minimum Gasteiger partial charge on any atom is -0.508 e. The molecular formula is C24H24F3NO4. The molecule has 0 radical (unpaired) electrons. The van der Waals surface area contributed by atoms with E-state index in [4.69, 9.17) is 14.2 Å². The minimum atomic E-state index is -4.39. The first kappa shape index (κ1) is 23.1. The number of methoxy groups -OCH3 is 3. The second-order valence-electron chi connectivity index (χ2n) is 7.13. The van der Waals surface area contributed by atoms with Gasteiger partial charge in [-0.3, -0.25) is 0 Å². The fourth-order valence-corrected chi connectivity index (χ4v) is 3.35. The molecule has 0 bridgehead atoms. The monoisotopic (exact) mass is 447 g/mol. The molecule has 0 saturated carbocycles. The summed E-state index contributed by atoms with van der Waals surface area (Å²) in [5.74, 6) is 1.72. The quantitative estimate of drug-likeness (QED) is 0.484. The second kappa shape index (κ2) is 9.72. The Morgan fingerprint density at radius 2 is 1.34 bits per heavy atom. The van der Waals surface area contributed by atoms with Crippen LogP contribution in [0.2, 0.25) is 0 Å². The molecule has 3 aromatic carbocycles. The van der Waals surface area contributed by atoms with E-state index >= 15 is 0 Å². The Balaban J connectivity index is 1.99. The SMILES string of the molecule is COc1cc(CN(Cc2ccc(C(F)(F)F)cc2)c2ccc(O)cc2OC)cc(OC)c1. The van der Waals surface area contributed by atoms with Crippen molar-refractivity contribution in [2.45, 2.75) is 19.3 Å². The van der Waals surface area contributed by atoms with Gasteiger partial charge in [0.1, 0.15) is 23.0 Å². The van der Waals surface area contributed by atoms with Crippen molar-refractivity contribution >= 4 is 5.69 Å². The Morgan fingerprint density at radius 3 is 1.88 bits per heavy atom. The molecule has 0 aliphatic carbocycles. The molecule has 5 nitrogen and oxygen atoms in total. The maximum atomic E-state index is 12.9. The molecule has 170 valence electrons. The molecule has 0 unspecified atom stereocenters. The summed E-state index contributed by atoms with van der Waals surface area (Å²) in [6.07, 6.45) is -4.39. The summed E-state index contributed by atoms with van der Waals surface area (Å²) in [5, 5.41) is 9.84. The van der Waals surface area contributed by atoms with Crippen LogP contribution in [0.15, 0.2) is 60.7 Å². The molecule has 1 N–H and O–H groups in total. The van der Waals surface area contributed by atoms with Gasteiger partial charge in [0.25, 0.3) is 0 Å². The van der Waals surface area contributed by atoms with E-state index in [1.165, 1.54) is 31.4 Å². The lowest BCUT2D eigenvalue weighted by Gasteiger charge is -2.27. The third-order valence-electron chi connectivity index (χ3n) is 4.94. The zero-order valence-corrected chi connectivity index (χ0v) is 17.9. The van der Waals surface area contributed by atoms with Crippen molar-refractivity contribution in [3.05, 3.63) is 77.4 Å². The summed E-state index contributed by atoms with van der Waals surface area (Å²) in [6, 6.07) is 15.2. The summed E-state index contributed by atoms with van der Waals surface area (Å²) >= 11 is 0. The number of anilines is 1. The number of halogens is 3. The van der Waals surface area contributed by atoms with Crippen LogP contribution in [0.1, 0.15) is 16.7 Å². The smallest absolute Gasteiger partial charge is 0.416 e. The molecule has 0 saturated heterocycles. The van der Waals surface area contributed by atoms with E-state index in [9.17, 15) is 18.3 Å². The van der Waals surface area contributed by atoms with E-state index in [0.29, 0.717) is 41.6 Å². The highest BCUT2D eigenvalue weighted by molar-refractivity contribution is 5.61. The molecule has 0 aromatic heterocycles. The maximum absolute atomic E-state index is 12.9. The van der Waals surface area contributed by atoms with Crippen molar-refractivity contribution in [3.8, 4) is 23.0 Å². The maximum Gasteiger partial charge on any atom is 0.416 e. The van der Waals surface area contributed by atoms with Gasteiger partial charge in [0.05, 0.1) is 32.6 Å². The molecule has 0 atom stereocenters. The topological polar surface area (TPSA) is 51.2 Å². The predicted octanol–water partition coefficient (Wildman–Crippen LogP) is 5.64. The Kier molecular flexibility index (Phi) is 7.02. The van der Waals surface area contributed by atoms with Crippen molar-refractivity contribution in [2.24, 2.45) is 0 Å². The average molecular weight is 447 g/mol. The van der Waals surface area contributed by atoms with Crippen LogP contribution in [0.3, 0.4) is 0 Å². The van der Waals surface area contributed by atoms with Gasteiger partial charge in [-0.2, -0.15) is 13.2 Å². The number of benzene rings is 3. The molecule has 0 fully saturated rings. The van der Waals surface area contributed by atoms with Crippen LogP contribution in [0.5, 0.6) is 23.0 Å². The van der Waals surface area contributed by atoms with Crippen molar-refractivity contribution in [1.82, 2.24) is 0 Å². The zero-order valence-electron chi connectivity index (χ0n) is 17.9. The first-order valence-corrected chi connectivity index (χ1v) is 9.73. The summed E-state index contributed by atoms with van der Waals surface area (Å²) < 4.78 is 54.9. The number of hydrogen-bond donors (Lipinski definition) is 1. The van der Waals surface area contributed by atoms with Crippen LogP contribution in [0, 0.1) is 0 Å². The number of alkyl halides is 3. The van der Waals surface area contributed by atoms with Gasteiger partial charge < -0.3 is 24.2 Å². The molecule has 0 heterocycles. The van der Waals surface area contributed by atoms with E-state index in [0.717, 1.165) is 17.7 Å². The molecule has 32 heavy (non-hydrogen) atoms. The highest BCUT2D eigenvalue weighted by Gasteiger charge is 2.30. The van der Waals surface area contributed by atoms with E-state index in [1.807, 2.05) is 17.0 Å². The number of hydrogen-bond acceptors (Lipinski definition) is 5. The Hall–Kier alpha value is -3.55. The Labute approximate surface area is 184 Å². The van der Waals surface area contributed by atoms with Gasteiger partial charge >= 0.3 is 6.18 Å². The van der Waals surface area contributed by atoms with Crippen molar-refractivity contribution in [2.75, 3.05) is 26.2 Å². The molecule has 3 aromatic rings. The molecule has 3 rings (SSSR count). The van der Waals surface area contributed by atoms with Gasteiger partial charge in [0.2, 0.25) is 0 Å². The standard InChI is InChI=1S/C24H24F3NO4/c1-30-20-10-17(11-21(13-20)31-2)15-28(22-9-8-19(29)12-23(22)32-3)14-16-4-6-18(7-5-16)24(25,26)27/h4-13,29H,14-15H2,1-3H3. The van der Waals surface area contributed by atoms with Gasteiger partial charge in [-0.15, -0.1) is 0 Å². The average Bonchev–Trinajstić information content (AvgIpc) is 2.78.